The van der Waals surface area contributed by atoms with Crippen molar-refractivity contribution in [3.05, 3.63) is 54.2 Å². The van der Waals surface area contributed by atoms with Crippen LogP contribution in [0.25, 0.3) is 0 Å². The first-order chi connectivity index (χ1) is 13.0. The molecule has 0 aliphatic carbocycles. The number of sulfone groups is 1. The Labute approximate surface area is 165 Å². The molecule has 0 unspecified atom stereocenters. The van der Waals surface area contributed by atoms with Crippen molar-refractivity contribution in [2.75, 3.05) is 18.1 Å². The number of nitrogens with one attached hydrogen (secondary N) is 1. The molecule has 1 N–H and O–H groups in total. The van der Waals surface area contributed by atoms with Crippen molar-refractivity contribution in [2.45, 2.75) is 36.6 Å². The fourth-order valence-corrected chi connectivity index (χ4v) is 5.25. The van der Waals surface area contributed by atoms with E-state index in [1.54, 1.807) is 48.7 Å². The lowest BCUT2D eigenvalue weighted by Gasteiger charge is -2.14. The van der Waals surface area contributed by atoms with Gasteiger partial charge >= 0.3 is 0 Å². The Morgan fingerprint density at radius 3 is 2.48 bits per heavy atom. The number of aromatic nitrogens is 1. The Morgan fingerprint density at radius 2 is 1.81 bits per heavy atom. The van der Waals surface area contributed by atoms with E-state index in [0.717, 1.165) is 12.8 Å². The third-order valence-electron chi connectivity index (χ3n) is 4.41. The van der Waals surface area contributed by atoms with Crippen LogP contribution in [0.3, 0.4) is 0 Å². The van der Waals surface area contributed by atoms with E-state index in [-0.39, 0.29) is 11.7 Å². The van der Waals surface area contributed by atoms with Gasteiger partial charge in [-0.05, 0) is 30.2 Å². The quantitative estimate of drug-likeness (QED) is 0.607. The fourth-order valence-electron chi connectivity index (χ4n) is 2.58. The van der Waals surface area contributed by atoms with Crippen LogP contribution in [0, 0.1) is 5.92 Å². The van der Waals surface area contributed by atoms with Gasteiger partial charge in [-0.15, -0.1) is 11.8 Å². The molecule has 0 aliphatic heterocycles. The molecule has 0 aliphatic rings. The molecule has 2 rings (SSSR count). The molecular weight excluding hydrogens is 380 g/mol. The third kappa shape index (κ3) is 6.36. The summed E-state index contributed by atoms with van der Waals surface area (Å²) < 4.78 is 24.7. The Hall–Kier alpha value is -1.86. The number of hydrogen-bond donors (Lipinski definition) is 1. The van der Waals surface area contributed by atoms with E-state index in [4.69, 9.17) is 0 Å². The molecule has 0 saturated carbocycles. The molecule has 0 saturated heterocycles. The smallest absolute Gasteiger partial charge is 0.254 e. The largest absolute Gasteiger partial charge is 0.352 e. The zero-order valence-electron chi connectivity index (χ0n) is 15.7. The standard InChI is InChI=1S/C20H26N2O3S2/c1-3-16(4-2)15-22-19(23)18-11-8-12-21-20(18)26-13-14-27(24,25)17-9-6-5-7-10-17/h5-12,16H,3-4,13-15H2,1-2H3,(H,22,23). The fraction of sp³-hybridized carbons (Fsp3) is 0.400. The van der Waals surface area contributed by atoms with E-state index in [9.17, 15) is 13.2 Å². The molecule has 0 fully saturated rings. The molecule has 1 aromatic carbocycles. The summed E-state index contributed by atoms with van der Waals surface area (Å²) in [6, 6.07) is 11.8. The summed E-state index contributed by atoms with van der Waals surface area (Å²) in [5, 5.41) is 3.52. The first-order valence-electron chi connectivity index (χ1n) is 9.11. The molecule has 7 heteroatoms. The van der Waals surface area contributed by atoms with E-state index < -0.39 is 9.84 Å². The van der Waals surface area contributed by atoms with Gasteiger partial charge in [-0.1, -0.05) is 44.9 Å². The lowest BCUT2D eigenvalue weighted by molar-refractivity contribution is 0.0942. The van der Waals surface area contributed by atoms with E-state index in [1.165, 1.54) is 11.8 Å². The van der Waals surface area contributed by atoms with Gasteiger partial charge in [0.1, 0.15) is 5.03 Å². The second-order valence-corrected chi connectivity index (χ2v) is 9.42. The van der Waals surface area contributed by atoms with Crippen molar-refractivity contribution in [3.8, 4) is 0 Å². The lowest BCUT2D eigenvalue weighted by atomic mass is 10.0. The third-order valence-corrected chi connectivity index (χ3v) is 7.41. The van der Waals surface area contributed by atoms with Gasteiger partial charge in [0.2, 0.25) is 0 Å². The number of nitrogens with zero attached hydrogens (tertiary/aromatic N) is 1. The zero-order chi connectivity index (χ0) is 19.7. The summed E-state index contributed by atoms with van der Waals surface area (Å²) in [4.78, 5) is 17.1. The van der Waals surface area contributed by atoms with Crippen LogP contribution in [-0.2, 0) is 9.84 Å². The van der Waals surface area contributed by atoms with Gasteiger partial charge in [0.05, 0.1) is 16.2 Å². The first-order valence-corrected chi connectivity index (χ1v) is 11.8. The molecule has 5 nitrogen and oxygen atoms in total. The summed E-state index contributed by atoms with van der Waals surface area (Å²) >= 11 is 1.29. The molecule has 0 spiro atoms. The second kappa shape index (κ2) is 10.5. The van der Waals surface area contributed by atoms with Gasteiger partial charge in [-0.25, -0.2) is 13.4 Å². The summed E-state index contributed by atoms with van der Waals surface area (Å²) in [6.45, 7) is 4.85. The van der Waals surface area contributed by atoms with Crippen molar-refractivity contribution < 1.29 is 13.2 Å². The molecule has 0 bridgehead atoms. The number of carbonyl (C=O) groups is 1. The van der Waals surface area contributed by atoms with Crippen LogP contribution in [0.1, 0.15) is 37.0 Å². The molecular formula is C20H26N2O3S2. The van der Waals surface area contributed by atoms with Crippen LogP contribution in [0.4, 0.5) is 0 Å². The van der Waals surface area contributed by atoms with Gasteiger partial charge in [0.15, 0.2) is 9.84 Å². The Bertz CT molecular complexity index is 835. The van der Waals surface area contributed by atoms with E-state index in [0.29, 0.717) is 33.7 Å². The minimum Gasteiger partial charge on any atom is -0.352 e. The van der Waals surface area contributed by atoms with E-state index in [1.807, 2.05) is 0 Å². The van der Waals surface area contributed by atoms with Crippen molar-refractivity contribution >= 4 is 27.5 Å². The minimum absolute atomic E-state index is 0.00689. The monoisotopic (exact) mass is 406 g/mol. The number of benzene rings is 1. The average molecular weight is 407 g/mol. The highest BCUT2D eigenvalue weighted by Crippen LogP contribution is 2.22. The highest BCUT2D eigenvalue weighted by atomic mass is 32.2. The van der Waals surface area contributed by atoms with Gasteiger partial charge in [-0.2, -0.15) is 0 Å². The predicted octanol–water partition coefficient (Wildman–Crippen LogP) is 3.81. The van der Waals surface area contributed by atoms with Crippen molar-refractivity contribution in [2.24, 2.45) is 5.92 Å². The van der Waals surface area contributed by atoms with Gasteiger partial charge in [-0.3, -0.25) is 4.79 Å². The summed E-state index contributed by atoms with van der Waals surface area (Å²) in [5.41, 5.74) is 0.491. The minimum atomic E-state index is -3.34. The van der Waals surface area contributed by atoms with Crippen molar-refractivity contribution in [1.29, 1.82) is 0 Å². The van der Waals surface area contributed by atoms with Crippen LogP contribution in [0.5, 0.6) is 0 Å². The number of carbonyl (C=O) groups excluding carboxylic acids is 1. The number of amides is 1. The Morgan fingerprint density at radius 1 is 1.11 bits per heavy atom. The maximum Gasteiger partial charge on any atom is 0.254 e. The number of pyridine rings is 1. The van der Waals surface area contributed by atoms with E-state index >= 15 is 0 Å². The Kier molecular flexibility index (Phi) is 8.31. The topological polar surface area (TPSA) is 76.1 Å². The number of rotatable bonds is 10. The predicted molar refractivity (Wildman–Crippen MR) is 110 cm³/mol. The van der Waals surface area contributed by atoms with E-state index in [2.05, 4.69) is 24.1 Å². The van der Waals surface area contributed by atoms with Crippen LogP contribution >= 0.6 is 11.8 Å². The Balaban J connectivity index is 1.98. The molecule has 2 aromatic rings. The second-order valence-electron chi connectivity index (χ2n) is 6.23. The molecule has 1 aromatic heterocycles. The van der Waals surface area contributed by atoms with Crippen molar-refractivity contribution in [3.63, 3.8) is 0 Å². The number of hydrogen-bond acceptors (Lipinski definition) is 5. The summed E-state index contributed by atoms with van der Waals surface area (Å²) in [6.07, 6.45) is 3.65. The summed E-state index contributed by atoms with van der Waals surface area (Å²) in [7, 11) is -3.34. The van der Waals surface area contributed by atoms with Gasteiger partial charge in [0.25, 0.3) is 5.91 Å². The zero-order valence-corrected chi connectivity index (χ0v) is 17.4. The lowest BCUT2D eigenvalue weighted by Crippen LogP contribution is -2.29. The summed E-state index contributed by atoms with van der Waals surface area (Å²) in [5.74, 6) is 0.620. The number of thioether (sulfide) groups is 1. The molecule has 1 heterocycles. The van der Waals surface area contributed by atoms with Crippen LogP contribution < -0.4 is 5.32 Å². The van der Waals surface area contributed by atoms with Crippen LogP contribution in [-0.4, -0.2) is 37.4 Å². The SMILES string of the molecule is CCC(CC)CNC(=O)c1cccnc1SCCS(=O)(=O)c1ccccc1. The highest BCUT2D eigenvalue weighted by Gasteiger charge is 2.17. The highest BCUT2D eigenvalue weighted by molar-refractivity contribution is 8.00. The first kappa shape index (κ1) is 21.4. The maximum atomic E-state index is 12.5. The average Bonchev–Trinajstić information content (AvgIpc) is 2.69. The molecule has 1 amide bonds. The van der Waals surface area contributed by atoms with Crippen LogP contribution in [0.2, 0.25) is 0 Å². The molecule has 0 radical (unpaired) electrons. The molecule has 146 valence electrons. The van der Waals surface area contributed by atoms with Crippen LogP contribution in [0.15, 0.2) is 58.6 Å². The van der Waals surface area contributed by atoms with Gasteiger partial charge in [0, 0.05) is 18.5 Å². The molecule has 0 atom stereocenters. The maximum absolute atomic E-state index is 12.5. The van der Waals surface area contributed by atoms with Crippen molar-refractivity contribution in [1.82, 2.24) is 10.3 Å². The normalized spacial score (nSPS) is 11.5. The molecule has 27 heavy (non-hydrogen) atoms. The van der Waals surface area contributed by atoms with Gasteiger partial charge < -0.3 is 5.32 Å².